The molecule has 0 bridgehead atoms. The van der Waals surface area contributed by atoms with Crippen molar-refractivity contribution in [1.82, 2.24) is 4.72 Å². The molecule has 1 aromatic rings. The maximum atomic E-state index is 12.9. The van der Waals surface area contributed by atoms with E-state index in [4.69, 9.17) is 0 Å². The summed E-state index contributed by atoms with van der Waals surface area (Å²) < 4.78 is 28.4. The SMILES string of the molecule is Cc1c(C)c(C)c(S(=O)(=O)N[C@](C)(C#N)C(C)C)c(C)c1C. The highest BCUT2D eigenvalue weighted by Gasteiger charge is 2.35. The summed E-state index contributed by atoms with van der Waals surface area (Å²) in [5.74, 6) is -0.138. The molecule has 0 aliphatic heterocycles. The zero-order valence-corrected chi connectivity index (χ0v) is 15.6. The van der Waals surface area contributed by atoms with Crippen molar-refractivity contribution in [2.45, 2.75) is 65.8 Å². The first-order valence-corrected chi connectivity index (χ1v) is 8.89. The number of hydrogen-bond acceptors (Lipinski definition) is 3. The van der Waals surface area contributed by atoms with Gasteiger partial charge in [0.15, 0.2) is 0 Å². The number of nitriles is 1. The zero-order chi connectivity index (χ0) is 17.5. The van der Waals surface area contributed by atoms with Crippen molar-refractivity contribution in [2.24, 2.45) is 5.92 Å². The lowest BCUT2D eigenvalue weighted by Crippen LogP contribution is -2.49. The molecule has 0 fully saturated rings. The van der Waals surface area contributed by atoms with Gasteiger partial charge < -0.3 is 0 Å². The molecule has 0 aromatic heterocycles. The number of nitrogens with one attached hydrogen (secondary N) is 1. The maximum Gasteiger partial charge on any atom is 0.242 e. The standard InChI is InChI=1S/C17H26N2O2S/c1-10(2)17(8,9-18)19-22(20,21)16-14(6)12(4)11(3)13(5)15(16)7/h10,19H,1-8H3/t17-/m1/s1. The van der Waals surface area contributed by atoms with Gasteiger partial charge >= 0.3 is 0 Å². The van der Waals surface area contributed by atoms with Crippen LogP contribution >= 0.6 is 0 Å². The molecule has 1 rings (SSSR count). The zero-order valence-electron chi connectivity index (χ0n) is 14.7. The summed E-state index contributed by atoms with van der Waals surface area (Å²) >= 11 is 0. The van der Waals surface area contributed by atoms with Gasteiger partial charge in [0.25, 0.3) is 0 Å². The minimum absolute atomic E-state index is 0.138. The lowest BCUT2D eigenvalue weighted by Gasteiger charge is -2.28. The quantitative estimate of drug-likeness (QED) is 0.923. The van der Waals surface area contributed by atoms with Crippen molar-refractivity contribution in [2.75, 3.05) is 0 Å². The van der Waals surface area contributed by atoms with Gasteiger partial charge in [-0.3, -0.25) is 0 Å². The first-order chi connectivity index (χ1) is 9.89. The van der Waals surface area contributed by atoms with Gasteiger partial charge in [0.05, 0.1) is 11.0 Å². The van der Waals surface area contributed by atoms with Crippen molar-refractivity contribution in [3.05, 3.63) is 27.8 Å². The smallest absolute Gasteiger partial charge is 0.207 e. The van der Waals surface area contributed by atoms with Crippen LogP contribution in [0.2, 0.25) is 0 Å². The molecule has 0 aliphatic rings. The Morgan fingerprint density at radius 2 is 1.32 bits per heavy atom. The van der Waals surface area contributed by atoms with E-state index in [0.29, 0.717) is 4.90 Å². The molecule has 1 aromatic carbocycles. The minimum Gasteiger partial charge on any atom is -0.207 e. The van der Waals surface area contributed by atoms with E-state index in [1.54, 1.807) is 6.92 Å². The second-order valence-electron chi connectivity index (χ2n) is 6.53. The molecule has 0 saturated carbocycles. The van der Waals surface area contributed by atoms with Crippen LogP contribution in [0.3, 0.4) is 0 Å². The van der Waals surface area contributed by atoms with Crippen LogP contribution in [-0.2, 0) is 10.0 Å². The van der Waals surface area contributed by atoms with E-state index in [9.17, 15) is 13.7 Å². The van der Waals surface area contributed by atoms with E-state index >= 15 is 0 Å². The van der Waals surface area contributed by atoms with Crippen LogP contribution in [0.4, 0.5) is 0 Å². The molecule has 1 N–H and O–H groups in total. The molecule has 4 nitrogen and oxygen atoms in total. The van der Waals surface area contributed by atoms with Gasteiger partial charge in [0.1, 0.15) is 5.54 Å². The summed E-state index contributed by atoms with van der Waals surface area (Å²) in [6.07, 6.45) is 0. The van der Waals surface area contributed by atoms with Gasteiger partial charge in [0.2, 0.25) is 10.0 Å². The third kappa shape index (κ3) is 3.04. The Labute approximate surface area is 134 Å². The van der Waals surface area contributed by atoms with Gasteiger partial charge in [-0.25, -0.2) is 8.42 Å². The molecular weight excluding hydrogens is 296 g/mol. The predicted octanol–water partition coefficient (Wildman–Crippen LogP) is 3.45. The minimum atomic E-state index is -3.77. The third-order valence-corrected chi connectivity index (χ3v) is 6.78. The highest BCUT2D eigenvalue weighted by Crippen LogP contribution is 2.30. The fourth-order valence-electron chi connectivity index (χ4n) is 2.47. The summed E-state index contributed by atoms with van der Waals surface area (Å²) in [5.41, 5.74) is 3.43. The van der Waals surface area contributed by atoms with Crippen molar-refractivity contribution in [1.29, 1.82) is 5.26 Å². The van der Waals surface area contributed by atoms with Crippen molar-refractivity contribution in [3.63, 3.8) is 0 Å². The van der Waals surface area contributed by atoms with E-state index < -0.39 is 15.6 Å². The summed E-state index contributed by atoms with van der Waals surface area (Å²) in [6, 6.07) is 2.09. The van der Waals surface area contributed by atoms with Crippen molar-refractivity contribution < 1.29 is 8.42 Å². The van der Waals surface area contributed by atoms with E-state index in [-0.39, 0.29) is 5.92 Å². The predicted molar refractivity (Wildman–Crippen MR) is 89.3 cm³/mol. The van der Waals surface area contributed by atoms with Crippen LogP contribution in [0.25, 0.3) is 0 Å². The highest BCUT2D eigenvalue weighted by atomic mass is 32.2. The summed E-state index contributed by atoms with van der Waals surface area (Å²) in [5, 5.41) is 9.38. The van der Waals surface area contributed by atoms with Gasteiger partial charge in [-0.05, 0) is 75.3 Å². The summed E-state index contributed by atoms with van der Waals surface area (Å²) in [6.45, 7) is 14.8. The number of sulfonamides is 1. The molecule has 22 heavy (non-hydrogen) atoms. The third-order valence-electron chi connectivity index (χ3n) is 4.93. The number of hydrogen-bond donors (Lipinski definition) is 1. The first kappa shape index (κ1) is 18.7. The Hall–Kier alpha value is -1.38. The van der Waals surface area contributed by atoms with E-state index in [1.165, 1.54) is 0 Å². The van der Waals surface area contributed by atoms with Crippen LogP contribution in [0, 0.1) is 51.9 Å². The molecule has 5 heteroatoms. The van der Waals surface area contributed by atoms with Crippen molar-refractivity contribution in [3.8, 4) is 6.07 Å². The lowest BCUT2D eigenvalue weighted by atomic mass is 9.92. The highest BCUT2D eigenvalue weighted by molar-refractivity contribution is 7.89. The second kappa shape index (κ2) is 6.02. The monoisotopic (exact) mass is 322 g/mol. The number of benzene rings is 1. The van der Waals surface area contributed by atoms with E-state index in [2.05, 4.69) is 10.8 Å². The molecule has 1 atom stereocenters. The van der Waals surface area contributed by atoms with Gasteiger partial charge in [-0.1, -0.05) is 13.8 Å². The average molecular weight is 322 g/mol. The maximum absolute atomic E-state index is 12.9. The molecule has 0 aliphatic carbocycles. The molecule has 0 spiro atoms. The largest absolute Gasteiger partial charge is 0.242 e. The van der Waals surface area contributed by atoms with Crippen molar-refractivity contribution >= 4 is 10.0 Å². The fraction of sp³-hybridized carbons (Fsp3) is 0.588. The van der Waals surface area contributed by atoms with Gasteiger partial charge in [-0.2, -0.15) is 9.98 Å². The Kier molecular flexibility index (Phi) is 5.11. The summed E-state index contributed by atoms with van der Waals surface area (Å²) in [7, 11) is -3.77. The molecule has 0 radical (unpaired) electrons. The van der Waals surface area contributed by atoms with Crippen LogP contribution in [-0.4, -0.2) is 14.0 Å². The molecular formula is C17H26N2O2S. The van der Waals surface area contributed by atoms with Gasteiger partial charge in [0, 0.05) is 0 Å². The number of rotatable bonds is 4. The Balaban J connectivity index is 3.60. The van der Waals surface area contributed by atoms with Crippen LogP contribution in [0.5, 0.6) is 0 Å². The normalized spacial score (nSPS) is 14.7. The average Bonchev–Trinajstić information content (AvgIpc) is 2.42. The Bertz CT molecular complexity index is 714. The van der Waals surface area contributed by atoms with Crippen LogP contribution < -0.4 is 4.72 Å². The fourth-order valence-corrected chi connectivity index (χ4v) is 4.52. The van der Waals surface area contributed by atoms with Crippen LogP contribution in [0.15, 0.2) is 4.90 Å². The molecule has 0 saturated heterocycles. The topological polar surface area (TPSA) is 70.0 Å². The Morgan fingerprint density at radius 3 is 1.64 bits per heavy atom. The molecule has 0 unspecified atom stereocenters. The molecule has 0 heterocycles. The van der Waals surface area contributed by atoms with Crippen LogP contribution in [0.1, 0.15) is 48.6 Å². The second-order valence-corrected chi connectivity index (χ2v) is 8.15. The summed E-state index contributed by atoms with van der Waals surface area (Å²) in [4.78, 5) is 0.301. The van der Waals surface area contributed by atoms with E-state index in [1.807, 2.05) is 48.5 Å². The molecule has 122 valence electrons. The van der Waals surface area contributed by atoms with Gasteiger partial charge in [-0.15, -0.1) is 0 Å². The first-order valence-electron chi connectivity index (χ1n) is 7.41. The Morgan fingerprint density at radius 1 is 0.955 bits per heavy atom. The molecule has 0 amide bonds. The van der Waals surface area contributed by atoms with E-state index in [0.717, 1.165) is 27.8 Å². The number of nitrogens with zero attached hydrogens (tertiary/aromatic N) is 1. The lowest BCUT2D eigenvalue weighted by molar-refractivity contribution is 0.388.